The van der Waals surface area contributed by atoms with Gasteiger partial charge in [-0.1, -0.05) is 0 Å². The van der Waals surface area contributed by atoms with Gasteiger partial charge in [-0.2, -0.15) is 0 Å². The number of pyridine rings is 1. The maximum atomic E-state index is 12.9. The van der Waals surface area contributed by atoms with Crippen molar-refractivity contribution >= 4 is 12.0 Å². The Labute approximate surface area is 160 Å². The van der Waals surface area contributed by atoms with Gasteiger partial charge in [-0.3, -0.25) is 4.79 Å². The fourth-order valence-electron chi connectivity index (χ4n) is 3.03. The van der Waals surface area contributed by atoms with Crippen molar-refractivity contribution in [3.05, 3.63) is 23.9 Å². The fourth-order valence-corrected chi connectivity index (χ4v) is 3.03. The zero-order valence-corrected chi connectivity index (χ0v) is 16.6. The quantitative estimate of drug-likeness (QED) is 0.809. The van der Waals surface area contributed by atoms with Gasteiger partial charge in [0.1, 0.15) is 5.60 Å². The molecule has 2 aliphatic rings. The highest BCUT2D eigenvalue weighted by Gasteiger charge is 2.32. The van der Waals surface area contributed by atoms with Gasteiger partial charge >= 0.3 is 6.09 Å². The molecule has 3 rings (SSSR count). The molecule has 2 fully saturated rings. The van der Waals surface area contributed by atoms with Crippen LogP contribution in [0, 0.1) is 5.92 Å². The Bertz CT molecular complexity index is 697. The third-order valence-electron chi connectivity index (χ3n) is 4.69. The molecule has 1 unspecified atom stereocenters. The number of amides is 2. The molecular formula is C20H29N3O4. The molecule has 1 saturated heterocycles. The average Bonchev–Trinajstić information content (AvgIpc) is 3.42. The monoisotopic (exact) mass is 375 g/mol. The first kappa shape index (κ1) is 19.5. The van der Waals surface area contributed by atoms with Crippen LogP contribution in [0.2, 0.25) is 0 Å². The van der Waals surface area contributed by atoms with Gasteiger partial charge in [-0.05, 0) is 52.5 Å². The first-order valence-corrected chi connectivity index (χ1v) is 9.60. The number of carbonyl (C=O) groups excluding carboxylic acids is 2. The van der Waals surface area contributed by atoms with Crippen molar-refractivity contribution in [1.82, 2.24) is 14.8 Å². The number of carbonyl (C=O) groups is 2. The Morgan fingerprint density at radius 2 is 2.00 bits per heavy atom. The number of hydrogen-bond donors (Lipinski definition) is 0. The topological polar surface area (TPSA) is 72.0 Å². The molecular weight excluding hydrogens is 346 g/mol. The summed E-state index contributed by atoms with van der Waals surface area (Å²) in [7, 11) is 0. The van der Waals surface area contributed by atoms with Gasteiger partial charge in [-0.25, -0.2) is 9.78 Å². The molecule has 0 N–H and O–H groups in total. The summed E-state index contributed by atoms with van der Waals surface area (Å²) in [5, 5.41) is 0. The molecule has 7 heteroatoms. The normalized spacial score (nSPS) is 20.4. The molecule has 0 bridgehead atoms. The van der Waals surface area contributed by atoms with Crippen LogP contribution in [0.1, 0.15) is 50.9 Å². The molecule has 1 aromatic rings. The zero-order valence-electron chi connectivity index (χ0n) is 16.6. The van der Waals surface area contributed by atoms with E-state index in [1.54, 1.807) is 28.1 Å². The van der Waals surface area contributed by atoms with E-state index >= 15 is 0 Å². The number of piperazine rings is 1. The third kappa shape index (κ3) is 5.34. The van der Waals surface area contributed by atoms with Gasteiger partial charge in [0.2, 0.25) is 5.88 Å². The van der Waals surface area contributed by atoms with Crippen LogP contribution >= 0.6 is 0 Å². The second-order valence-electron chi connectivity index (χ2n) is 8.41. The van der Waals surface area contributed by atoms with Crippen molar-refractivity contribution in [1.29, 1.82) is 0 Å². The van der Waals surface area contributed by atoms with E-state index in [1.807, 2.05) is 27.7 Å². The summed E-state index contributed by atoms with van der Waals surface area (Å²) >= 11 is 0. The highest BCUT2D eigenvalue weighted by atomic mass is 16.6. The number of nitrogens with zero attached hydrogens (tertiary/aromatic N) is 3. The largest absolute Gasteiger partial charge is 0.477 e. The van der Waals surface area contributed by atoms with E-state index in [-0.39, 0.29) is 18.0 Å². The predicted octanol–water partition coefficient (Wildman–Crippen LogP) is 2.95. The lowest BCUT2D eigenvalue weighted by Gasteiger charge is -2.40. The van der Waals surface area contributed by atoms with E-state index in [2.05, 4.69) is 4.98 Å². The Morgan fingerprint density at radius 3 is 2.63 bits per heavy atom. The highest BCUT2D eigenvalue weighted by molar-refractivity contribution is 5.94. The lowest BCUT2D eigenvalue weighted by atomic mass is 10.1. The molecule has 1 aliphatic carbocycles. The van der Waals surface area contributed by atoms with Gasteiger partial charge in [0.15, 0.2) is 0 Å². The second-order valence-corrected chi connectivity index (χ2v) is 8.41. The molecule has 1 atom stereocenters. The summed E-state index contributed by atoms with van der Waals surface area (Å²) in [5.74, 6) is 1.06. The van der Waals surface area contributed by atoms with Gasteiger partial charge in [-0.15, -0.1) is 0 Å². The lowest BCUT2D eigenvalue weighted by Crippen LogP contribution is -2.56. The fraction of sp³-hybridized carbons (Fsp3) is 0.650. The van der Waals surface area contributed by atoms with Gasteiger partial charge in [0.25, 0.3) is 5.91 Å². The Kier molecular flexibility index (Phi) is 5.58. The summed E-state index contributed by atoms with van der Waals surface area (Å²) < 4.78 is 11.1. The highest BCUT2D eigenvalue weighted by Crippen LogP contribution is 2.29. The molecule has 1 aromatic heterocycles. The van der Waals surface area contributed by atoms with Crippen molar-refractivity contribution < 1.29 is 19.1 Å². The van der Waals surface area contributed by atoms with Crippen molar-refractivity contribution in [2.75, 3.05) is 26.2 Å². The van der Waals surface area contributed by atoms with E-state index in [0.29, 0.717) is 43.6 Å². The number of rotatable bonds is 4. The van der Waals surface area contributed by atoms with Crippen molar-refractivity contribution in [3.63, 3.8) is 0 Å². The van der Waals surface area contributed by atoms with Crippen LogP contribution in [0.15, 0.2) is 18.3 Å². The van der Waals surface area contributed by atoms with Crippen LogP contribution in [0.5, 0.6) is 5.88 Å². The molecule has 1 aliphatic heterocycles. The van der Waals surface area contributed by atoms with E-state index in [0.717, 1.165) is 0 Å². The summed E-state index contributed by atoms with van der Waals surface area (Å²) in [6, 6.07) is 3.32. The van der Waals surface area contributed by atoms with E-state index in [9.17, 15) is 9.59 Å². The van der Waals surface area contributed by atoms with E-state index < -0.39 is 5.60 Å². The van der Waals surface area contributed by atoms with Crippen LogP contribution in [0.4, 0.5) is 4.79 Å². The first-order chi connectivity index (χ1) is 12.7. The molecule has 0 spiro atoms. The van der Waals surface area contributed by atoms with Gasteiger partial charge in [0.05, 0.1) is 6.61 Å². The molecule has 0 radical (unpaired) electrons. The minimum absolute atomic E-state index is 0.0648. The zero-order chi connectivity index (χ0) is 19.6. The molecule has 2 heterocycles. The smallest absolute Gasteiger partial charge is 0.410 e. The SMILES string of the molecule is CC1CN(C(=O)OC(C)(C)C)CCN1C(=O)c1ccnc(OCC2CC2)c1. The van der Waals surface area contributed by atoms with Crippen molar-refractivity contribution in [2.24, 2.45) is 5.92 Å². The molecule has 27 heavy (non-hydrogen) atoms. The molecule has 0 aromatic carbocycles. The number of aromatic nitrogens is 1. The maximum absolute atomic E-state index is 12.9. The lowest BCUT2D eigenvalue weighted by molar-refractivity contribution is 0.00616. The number of hydrogen-bond acceptors (Lipinski definition) is 5. The van der Waals surface area contributed by atoms with Crippen LogP contribution < -0.4 is 4.74 Å². The van der Waals surface area contributed by atoms with Crippen LogP contribution in [-0.4, -0.2) is 64.7 Å². The number of ether oxygens (including phenoxy) is 2. The minimum atomic E-state index is -0.527. The standard InChI is InChI=1S/C20H29N3O4/c1-14-12-22(19(25)27-20(2,3)4)9-10-23(14)18(24)16-7-8-21-17(11-16)26-13-15-5-6-15/h7-8,11,14-15H,5-6,9-10,12-13H2,1-4H3. The van der Waals surface area contributed by atoms with Gasteiger partial charge < -0.3 is 19.3 Å². The summed E-state index contributed by atoms with van der Waals surface area (Å²) in [5.41, 5.74) is 0.0367. The first-order valence-electron chi connectivity index (χ1n) is 9.60. The average molecular weight is 375 g/mol. The Morgan fingerprint density at radius 1 is 1.26 bits per heavy atom. The predicted molar refractivity (Wildman–Crippen MR) is 101 cm³/mol. The van der Waals surface area contributed by atoms with Crippen LogP contribution in [0.25, 0.3) is 0 Å². The molecule has 148 valence electrons. The van der Waals surface area contributed by atoms with Gasteiger partial charge in [0, 0.05) is 43.5 Å². The second kappa shape index (κ2) is 7.74. The summed E-state index contributed by atoms with van der Waals surface area (Å²) in [4.78, 5) is 32.8. The summed E-state index contributed by atoms with van der Waals surface area (Å²) in [6.45, 7) is 9.54. The molecule has 2 amide bonds. The van der Waals surface area contributed by atoms with Crippen molar-refractivity contribution in [2.45, 2.75) is 52.2 Å². The molecule has 7 nitrogen and oxygen atoms in total. The maximum Gasteiger partial charge on any atom is 0.410 e. The van der Waals surface area contributed by atoms with Crippen molar-refractivity contribution in [3.8, 4) is 5.88 Å². The summed E-state index contributed by atoms with van der Waals surface area (Å²) in [6.07, 6.45) is 3.69. The minimum Gasteiger partial charge on any atom is -0.477 e. The van der Waals surface area contributed by atoms with Crippen LogP contribution in [-0.2, 0) is 4.74 Å². The third-order valence-corrected chi connectivity index (χ3v) is 4.69. The van der Waals surface area contributed by atoms with Crippen LogP contribution in [0.3, 0.4) is 0 Å². The Hall–Kier alpha value is -2.31. The Balaban J connectivity index is 1.59. The molecule has 1 saturated carbocycles. The van der Waals surface area contributed by atoms with E-state index in [4.69, 9.17) is 9.47 Å². The van der Waals surface area contributed by atoms with E-state index in [1.165, 1.54) is 12.8 Å².